The van der Waals surface area contributed by atoms with Crippen molar-refractivity contribution in [3.63, 3.8) is 0 Å². The highest BCUT2D eigenvalue weighted by Crippen LogP contribution is 2.15. The summed E-state index contributed by atoms with van der Waals surface area (Å²) in [5.74, 6) is 0.177. The van der Waals surface area contributed by atoms with Crippen LogP contribution >= 0.6 is 11.3 Å². The zero-order valence-electron chi connectivity index (χ0n) is 12.7. The second kappa shape index (κ2) is 6.70. The number of thiazole rings is 1. The number of rotatable bonds is 6. The van der Waals surface area contributed by atoms with Gasteiger partial charge >= 0.3 is 0 Å². The number of fused-ring (bicyclic) bond motifs is 1. The Labute approximate surface area is 137 Å². The first kappa shape index (κ1) is 15.4. The summed E-state index contributed by atoms with van der Waals surface area (Å²) in [5.41, 5.74) is 1.66. The largest absolute Gasteiger partial charge is 0.294 e. The minimum Gasteiger partial charge on any atom is -0.294 e. The fourth-order valence-electron chi connectivity index (χ4n) is 2.21. The van der Waals surface area contributed by atoms with Crippen molar-refractivity contribution in [3.05, 3.63) is 47.0 Å². The molecule has 1 N–H and O–H groups in total. The van der Waals surface area contributed by atoms with Crippen LogP contribution in [-0.4, -0.2) is 26.3 Å². The van der Waals surface area contributed by atoms with E-state index < -0.39 is 0 Å². The molecule has 23 heavy (non-hydrogen) atoms. The molecule has 0 bridgehead atoms. The second-order valence-electron chi connectivity index (χ2n) is 5.20. The third-order valence-electron chi connectivity index (χ3n) is 3.40. The topological polar surface area (TPSA) is 76.4 Å². The van der Waals surface area contributed by atoms with Gasteiger partial charge in [0.25, 0.3) is 0 Å². The number of amides is 1. The van der Waals surface area contributed by atoms with E-state index in [1.165, 1.54) is 11.3 Å². The lowest BCUT2D eigenvalue weighted by atomic mass is 10.1. The van der Waals surface area contributed by atoms with E-state index in [1.807, 2.05) is 30.5 Å². The van der Waals surface area contributed by atoms with E-state index in [9.17, 15) is 9.59 Å². The molecule has 1 amide bonds. The smallest absolute Gasteiger partial charge is 0.250 e. The van der Waals surface area contributed by atoms with Crippen molar-refractivity contribution >= 4 is 33.9 Å². The molecule has 0 aliphatic rings. The Morgan fingerprint density at radius 2 is 2.00 bits per heavy atom. The molecule has 0 fully saturated rings. The monoisotopic (exact) mass is 328 g/mol. The summed E-state index contributed by atoms with van der Waals surface area (Å²) in [6.45, 7) is 1.93. The fourth-order valence-corrected chi connectivity index (χ4v) is 3.01. The number of benzene rings is 1. The number of carbonyl (C=O) groups is 2. The Morgan fingerprint density at radius 1 is 1.22 bits per heavy atom. The van der Waals surface area contributed by atoms with E-state index in [2.05, 4.69) is 15.4 Å². The molecule has 1 aromatic carbocycles. The normalized spacial score (nSPS) is 10.8. The number of aromatic nitrogens is 3. The van der Waals surface area contributed by atoms with Gasteiger partial charge in [0, 0.05) is 23.8 Å². The molecule has 2 aromatic heterocycles. The number of ketones is 1. The highest BCUT2D eigenvalue weighted by molar-refractivity contribution is 7.15. The van der Waals surface area contributed by atoms with E-state index in [0.29, 0.717) is 24.4 Å². The predicted molar refractivity (Wildman–Crippen MR) is 88.9 cm³/mol. The summed E-state index contributed by atoms with van der Waals surface area (Å²) < 4.78 is 1.69. The van der Waals surface area contributed by atoms with Crippen LogP contribution in [0.2, 0.25) is 0 Å². The molecule has 0 unspecified atom stereocenters. The molecular weight excluding hydrogens is 312 g/mol. The summed E-state index contributed by atoms with van der Waals surface area (Å²) in [6.07, 6.45) is 1.12. The lowest BCUT2D eigenvalue weighted by Gasteiger charge is -2.02. The number of nitrogens with one attached hydrogen (secondary N) is 1. The molecule has 3 aromatic rings. The first-order valence-electron chi connectivity index (χ1n) is 7.32. The van der Waals surface area contributed by atoms with Gasteiger partial charge in [-0.05, 0) is 13.3 Å². The van der Waals surface area contributed by atoms with Crippen LogP contribution in [0.1, 0.15) is 35.3 Å². The Bertz CT molecular complexity index is 838. The molecule has 0 saturated heterocycles. The quantitative estimate of drug-likeness (QED) is 0.706. The van der Waals surface area contributed by atoms with Crippen molar-refractivity contribution in [1.29, 1.82) is 0 Å². The maximum Gasteiger partial charge on any atom is 0.250 e. The Balaban J connectivity index is 1.49. The standard InChI is InChI=1S/C16H16N4O2S/c1-11-10-23-16-18-15(19-20(11)16)17-14(22)9-5-8-13(21)12-6-3-2-4-7-12/h2-4,6-7,10H,5,8-9H2,1H3,(H,17,19,22). The van der Waals surface area contributed by atoms with Gasteiger partial charge in [-0.1, -0.05) is 30.3 Å². The molecule has 3 rings (SSSR count). The maximum absolute atomic E-state index is 11.9. The first-order chi connectivity index (χ1) is 11.1. The SMILES string of the molecule is Cc1csc2nc(NC(=O)CCCC(=O)c3ccccc3)nn12. The Hall–Kier alpha value is -2.54. The van der Waals surface area contributed by atoms with Crippen molar-refractivity contribution in [1.82, 2.24) is 14.6 Å². The molecule has 7 heteroatoms. The molecule has 0 saturated carbocycles. The van der Waals surface area contributed by atoms with Crippen molar-refractivity contribution in [2.24, 2.45) is 0 Å². The average molecular weight is 328 g/mol. The summed E-state index contributed by atoms with van der Waals surface area (Å²) in [7, 11) is 0. The van der Waals surface area contributed by atoms with Crippen LogP contribution in [0.5, 0.6) is 0 Å². The summed E-state index contributed by atoms with van der Waals surface area (Å²) in [4.78, 5) is 28.8. The lowest BCUT2D eigenvalue weighted by Crippen LogP contribution is -2.13. The Morgan fingerprint density at radius 3 is 2.74 bits per heavy atom. The zero-order valence-corrected chi connectivity index (χ0v) is 13.5. The number of carbonyl (C=O) groups excluding carboxylic acids is 2. The molecule has 6 nitrogen and oxygen atoms in total. The number of anilines is 1. The molecule has 0 aliphatic carbocycles. The third kappa shape index (κ3) is 3.62. The van der Waals surface area contributed by atoms with Crippen molar-refractivity contribution < 1.29 is 9.59 Å². The van der Waals surface area contributed by atoms with Crippen LogP contribution in [0.15, 0.2) is 35.7 Å². The maximum atomic E-state index is 11.9. The zero-order chi connectivity index (χ0) is 16.2. The third-order valence-corrected chi connectivity index (χ3v) is 4.34. The van der Waals surface area contributed by atoms with Gasteiger partial charge in [-0.2, -0.15) is 4.98 Å². The minimum absolute atomic E-state index is 0.0506. The van der Waals surface area contributed by atoms with Crippen LogP contribution < -0.4 is 5.32 Å². The highest BCUT2D eigenvalue weighted by Gasteiger charge is 2.11. The molecule has 2 heterocycles. The summed E-state index contributed by atoms with van der Waals surface area (Å²) in [6, 6.07) is 9.10. The van der Waals surface area contributed by atoms with Crippen LogP contribution in [-0.2, 0) is 4.79 Å². The molecule has 0 spiro atoms. The van der Waals surface area contributed by atoms with E-state index in [-0.39, 0.29) is 18.1 Å². The van der Waals surface area contributed by atoms with E-state index in [1.54, 1.807) is 16.6 Å². The van der Waals surface area contributed by atoms with Gasteiger partial charge in [-0.15, -0.1) is 16.4 Å². The number of hydrogen-bond donors (Lipinski definition) is 1. The summed E-state index contributed by atoms with van der Waals surface area (Å²) in [5, 5.41) is 8.85. The van der Waals surface area contributed by atoms with Gasteiger partial charge in [-0.25, -0.2) is 4.52 Å². The van der Waals surface area contributed by atoms with Gasteiger partial charge in [0.2, 0.25) is 16.8 Å². The van der Waals surface area contributed by atoms with Crippen LogP contribution in [0.25, 0.3) is 4.96 Å². The molecule has 118 valence electrons. The molecule has 0 aliphatic heterocycles. The average Bonchev–Trinajstić information content (AvgIpc) is 3.10. The Kier molecular flexibility index (Phi) is 4.47. The van der Waals surface area contributed by atoms with Gasteiger partial charge in [0.05, 0.1) is 5.69 Å². The molecular formula is C16H16N4O2S. The van der Waals surface area contributed by atoms with Gasteiger partial charge in [0.15, 0.2) is 5.78 Å². The van der Waals surface area contributed by atoms with Crippen molar-refractivity contribution in [2.75, 3.05) is 5.32 Å². The molecule has 0 atom stereocenters. The van der Waals surface area contributed by atoms with Crippen LogP contribution in [0, 0.1) is 6.92 Å². The minimum atomic E-state index is -0.179. The van der Waals surface area contributed by atoms with Gasteiger partial charge in [0.1, 0.15) is 0 Å². The van der Waals surface area contributed by atoms with Gasteiger partial charge < -0.3 is 0 Å². The van der Waals surface area contributed by atoms with Crippen molar-refractivity contribution in [2.45, 2.75) is 26.2 Å². The van der Waals surface area contributed by atoms with Crippen LogP contribution in [0.3, 0.4) is 0 Å². The number of aryl methyl sites for hydroxylation is 1. The number of hydrogen-bond acceptors (Lipinski definition) is 5. The van der Waals surface area contributed by atoms with E-state index in [4.69, 9.17) is 0 Å². The first-order valence-corrected chi connectivity index (χ1v) is 8.20. The summed E-state index contributed by atoms with van der Waals surface area (Å²) >= 11 is 1.47. The van der Waals surface area contributed by atoms with E-state index in [0.717, 1.165) is 10.7 Å². The fraction of sp³-hybridized carbons (Fsp3) is 0.250. The van der Waals surface area contributed by atoms with Crippen molar-refractivity contribution in [3.8, 4) is 0 Å². The van der Waals surface area contributed by atoms with E-state index >= 15 is 0 Å². The van der Waals surface area contributed by atoms with Crippen LogP contribution in [0.4, 0.5) is 5.95 Å². The molecule has 0 radical (unpaired) electrons. The highest BCUT2D eigenvalue weighted by atomic mass is 32.1. The second-order valence-corrected chi connectivity index (χ2v) is 6.03. The predicted octanol–water partition coefficient (Wildman–Crippen LogP) is 3.09. The van der Waals surface area contributed by atoms with Gasteiger partial charge in [-0.3, -0.25) is 14.9 Å². The number of Topliss-reactive ketones (excluding diaryl/α,β-unsaturated/α-hetero) is 1. The number of nitrogens with zero attached hydrogens (tertiary/aromatic N) is 3. The lowest BCUT2D eigenvalue weighted by molar-refractivity contribution is -0.116.